The first-order valence-electron chi connectivity index (χ1n) is 12.2. The normalized spacial score (nSPS) is 15.3. The van der Waals surface area contributed by atoms with Gasteiger partial charge in [0.25, 0.3) is 11.5 Å². The number of benzene rings is 2. The summed E-state index contributed by atoms with van der Waals surface area (Å²) in [5.41, 5.74) is 2.03. The van der Waals surface area contributed by atoms with Crippen LogP contribution in [-0.2, 0) is 4.79 Å². The number of rotatable bonds is 5. The number of thiazole rings is 1. The van der Waals surface area contributed by atoms with Gasteiger partial charge in [0, 0.05) is 22.3 Å². The smallest absolute Gasteiger partial charge is 0.271 e. The average Bonchev–Trinajstić information content (AvgIpc) is 3.64. The zero-order valence-corrected chi connectivity index (χ0v) is 22.5. The van der Waals surface area contributed by atoms with Gasteiger partial charge in [-0.05, 0) is 62.4 Å². The van der Waals surface area contributed by atoms with Crippen molar-refractivity contribution in [2.24, 2.45) is 4.99 Å². The molecule has 0 spiro atoms. The Balaban J connectivity index is 1.44. The van der Waals surface area contributed by atoms with Crippen molar-refractivity contribution >= 4 is 40.6 Å². The minimum atomic E-state index is -0.778. The molecule has 0 unspecified atom stereocenters. The maximum atomic E-state index is 13.8. The highest BCUT2D eigenvalue weighted by molar-refractivity contribution is 7.07. The molecule has 39 heavy (non-hydrogen) atoms. The highest BCUT2D eigenvalue weighted by Crippen LogP contribution is 2.32. The third kappa shape index (κ3) is 4.80. The summed E-state index contributed by atoms with van der Waals surface area (Å²) in [4.78, 5) is 32.4. The van der Waals surface area contributed by atoms with Gasteiger partial charge in [-0.2, -0.15) is 0 Å². The van der Waals surface area contributed by atoms with Crippen LogP contribution in [0.15, 0.2) is 109 Å². The van der Waals surface area contributed by atoms with Gasteiger partial charge >= 0.3 is 0 Å². The monoisotopic (exact) mass is 555 g/mol. The summed E-state index contributed by atoms with van der Waals surface area (Å²) < 4.78 is 13.9. The maximum Gasteiger partial charge on any atom is 0.271 e. The molecule has 1 amide bonds. The minimum Gasteiger partial charge on any atom is -0.464 e. The van der Waals surface area contributed by atoms with Crippen LogP contribution in [0, 0.1) is 6.92 Å². The lowest BCUT2D eigenvalue weighted by Crippen LogP contribution is -2.40. The van der Waals surface area contributed by atoms with E-state index in [2.05, 4.69) is 10.3 Å². The zero-order chi connectivity index (χ0) is 27.1. The first kappa shape index (κ1) is 24.9. The molecule has 0 aliphatic carbocycles. The van der Waals surface area contributed by atoms with Gasteiger partial charge in [0.15, 0.2) is 4.80 Å². The van der Waals surface area contributed by atoms with Gasteiger partial charge in [-0.25, -0.2) is 4.99 Å². The molecule has 0 fully saturated rings. The molecule has 0 radical (unpaired) electrons. The molecule has 0 bridgehead atoms. The van der Waals surface area contributed by atoms with E-state index in [9.17, 15) is 9.59 Å². The number of aryl methyl sites for hydroxylation is 1. The fourth-order valence-electron chi connectivity index (χ4n) is 4.56. The number of nitrogens with one attached hydrogen (secondary N) is 1. The highest BCUT2D eigenvalue weighted by Gasteiger charge is 2.34. The number of nitrogens with zero attached hydrogens (tertiary/aromatic N) is 2. The topological polar surface area (TPSA) is 89.7 Å². The molecule has 7 nitrogen and oxygen atoms in total. The van der Waals surface area contributed by atoms with Crippen LogP contribution in [0.2, 0.25) is 5.02 Å². The number of allylic oxidation sites excluding steroid dienone is 1. The van der Waals surface area contributed by atoms with Gasteiger partial charge in [-0.1, -0.05) is 53.3 Å². The molecule has 9 heteroatoms. The molecule has 1 aliphatic rings. The Labute approximate surface area is 232 Å². The van der Waals surface area contributed by atoms with Crippen LogP contribution < -0.4 is 20.2 Å². The van der Waals surface area contributed by atoms with Crippen molar-refractivity contribution in [2.45, 2.75) is 19.9 Å². The molecule has 5 aromatic rings. The number of anilines is 1. The lowest BCUT2D eigenvalue weighted by atomic mass is 10.00. The van der Waals surface area contributed by atoms with Crippen LogP contribution >= 0.6 is 22.9 Å². The minimum absolute atomic E-state index is 0.295. The summed E-state index contributed by atoms with van der Waals surface area (Å²) >= 11 is 7.36. The van der Waals surface area contributed by atoms with Crippen molar-refractivity contribution in [3.05, 3.63) is 132 Å². The van der Waals surface area contributed by atoms with Crippen molar-refractivity contribution in [3.63, 3.8) is 0 Å². The summed E-state index contributed by atoms with van der Waals surface area (Å²) in [5.74, 6) is 1.95. The fourth-order valence-corrected chi connectivity index (χ4v) is 5.77. The molecule has 4 heterocycles. The predicted molar refractivity (Wildman–Crippen MR) is 151 cm³/mol. The van der Waals surface area contributed by atoms with Gasteiger partial charge < -0.3 is 14.2 Å². The largest absolute Gasteiger partial charge is 0.464 e. The van der Waals surface area contributed by atoms with Crippen molar-refractivity contribution in [3.8, 4) is 11.3 Å². The van der Waals surface area contributed by atoms with Crippen molar-refractivity contribution in [1.82, 2.24) is 4.57 Å². The number of carbonyl (C=O) groups is 1. The first-order chi connectivity index (χ1) is 18.9. The number of furan rings is 2. The Kier molecular flexibility index (Phi) is 6.42. The molecule has 1 atom stereocenters. The Hall–Kier alpha value is -4.40. The lowest BCUT2D eigenvalue weighted by Gasteiger charge is -2.23. The SMILES string of the molecule is CC1=C(C(=O)Nc2ccccc2)[C@@H](c2ccc(C)o2)n2c(s/c(=C/c3ccc(-c4cccc(Cl)c4)o3)c2=O)=N1. The quantitative estimate of drug-likeness (QED) is 0.302. The number of halogens is 1. The van der Waals surface area contributed by atoms with E-state index in [0.717, 1.165) is 5.56 Å². The average molecular weight is 556 g/mol. The van der Waals surface area contributed by atoms with Crippen molar-refractivity contribution in [1.29, 1.82) is 0 Å². The number of hydrogen-bond donors (Lipinski definition) is 1. The van der Waals surface area contributed by atoms with Gasteiger partial charge in [0.1, 0.15) is 29.1 Å². The van der Waals surface area contributed by atoms with E-state index >= 15 is 0 Å². The van der Waals surface area contributed by atoms with Crippen LogP contribution in [0.3, 0.4) is 0 Å². The molecular formula is C30H22ClN3O4S. The third-order valence-electron chi connectivity index (χ3n) is 6.34. The molecule has 3 aromatic heterocycles. The van der Waals surface area contributed by atoms with E-state index in [-0.39, 0.29) is 11.5 Å². The van der Waals surface area contributed by atoms with E-state index in [1.54, 1.807) is 43.3 Å². The number of aromatic nitrogens is 1. The van der Waals surface area contributed by atoms with Crippen LogP contribution in [0.25, 0.3) is 17.4 Å². The van der Waals surface area contributed by atoms with E-state index < -0.39 is 6.04 Å². The number of para-hydroxylation sites is 1. The molecular weight excluding hydrogens is 534 g/mol. The number of amides is 1. The fraction of sp³-hybridized carbons (Fsp3) is 0.100. The van der Waals surface area contributed by atoms with Gasteiger partial charge in [-0.3, -0.25) is 14.2 Å². The zero-order valence-electron chi connectivity index (χ0n) is 21.0. The first-order valence-corrected chi connectivity index (χ1v) is 13.4. The lowest BCUT2D eigenvalue weighted by molar-refractivity contribution is -0.113. The molecule has 0 saturated carbocycles. The van der Waals surface area contributed by atoms with Crippen molar-refractivity contribution in [2.75, 3.05) is 5.32 Å². The van der Waals surface area contributed by atoms with E-state index in [0.29, 0.717) is 54.4 Å². The van der Waals surface area contributed by atoms with E-state index in [1.165, 1.54) is 15.9 Å². The predicted octanol–water partition coefficient (Wildman–Crippen LogP) is 5.69. The van der Waals surface area contributed by atoms with Crippen molar-refractivity contribution < 1.29 is 13.6 Å². The molecule has 2 aromatic carbocycles. The molecule has 6 rings (SSSR count). The Morgan fingerprint density at radius 3 is 2.59 bits per heavy atom. The number of fused-ring (bicyclic) bond motifs is 1. The Morgan fingerprint density at radius 2 is 1.85 bits per heavy atom. The van der Waals surface area contributed by atoms with Crippen LogP contribution in [0.4, 0.5) is 5.69 Å². The maximum absolute atomic E-state index is 13.8. The summed E-state index contributed by atoms with van der Waals surface area (Å²) in [7, 11) is 0. The number of hydrogen-bond acceptors (Lipinski definition) is 6. The Bertz CT molecular complexity index is 1930. The summed E-state index contributed by atoms with van der Waals surface area (Å²) in [6.45, 7) is 3.59. The van der Waals surface area contributed by atoms with Gasteiger partial charge in [-0.15, -0.1) is 0 Å². The second-order valence-corrected chi connectivity index (χ2v) is 10.5. The standard InChI is InChI=1S/C30H22ClN3O4S/c1-17-11-13-24(37-17)27-26(28(35)33-21-9-4-3-5-10-21)18(2)32-30-34(27)29(36)25(39-30)16-22-12-14-23(38-22)19-7-6-8-20(31)15-19/h3-16,27H,1-2H3,(H,33,35)/b25-16+/t27-/m1/s1. The second kappa shape index (κ2) is 10.1. The number of carbonyl (C=O) groups excluding carboxylic acids is 1. The summed E-state index contributed by atoms with van der Waals surface area (Å²) in [6, 6.07) is 23.0. The molecule has 1 aliphatic heterocycles. The van der Waals surface area contributed by atoms with Gasteiger partial charge in [0.05, 0.1) is 15.8 Å². The summed E-state index contributed by atoms with van der Waals surface area (Å²) in [6.07, 6.45) is 1.69. The van der Waals surface area contributed by atoms with Crippen LogP contribution in [0.5, 0.6) is 0 Å². The molecule has 0 saturated heterocycles. The van der Waals surface area contributed by atoms with Crippen LogP contribution in [0.1, 0.15) is 30.2 Å². The van der Waals surface area contributed by atoms with Crippen LogP contribution in [-0.4, -0.2) is 10.5 Å². The van der Waals surface area contributed by atoms with E-state index in [1.807, 2.05) is 55.5 Å². The highest BCUT2D eigenvalue weighted by atomic mass is 35.5. The second-order valence-electron chi connectivity index (χ2n) is 9.06. The summed E-state index contributed by atoms with van der Waals surface area (Å²) in [5, 5.41) is 3.53. The Morgan fingerprint density at radius 1 is 1.03 bits per heavy atom. The van der Waals surface area contributed by atoms with Gasteiger partial charge in [0.2, 0.25) is 0 Å². The van der Waals surface area contributed by atoms with E-state index in [4.69, 9.17) is 20.4 Å². The molecule has 194 valence electrons. The third-order valence-corrected chi connectivity index (χ3v) is 7.56. The molecule has 1 N–H and O–H groups in total.